The molecule has 0 unspecified atom stereocenters. The van der Waals surface area contributed by atoms with Gasteiger partial charge in [0.2, 0.25) is 0 Å². The van der Waals surface area contributed by atoms with E-state index in [4.69, 9.17) is 20.4 Å². The van der Waals surface area contributed by atoms with Gasteiger partial charge < -0.3 is 20.4 Å². The van der Waals surface area contributed by atoms with Crippen LogP contribution in [0.25, 0.3) is 0 Å². The van der Waals surface area contributed by atoms with E-state index in [1.54, 1.807) is 0 Å². The second-order valence-corrected chi connectivity index (χ2v) is 3.33. The summed E-state index contributed by atoms with van der Waals surface area (Å²) in [6.45, 7) is 9.20. The molecule has 0 fully saturated rings. The van der Waals surface area contributed by atoms with Crippen LogP contribution in [0.4, 0.5) is 0 Å². The van der Waals surface area contributed by atoms with E-state index in [1.165, 1.54) is 13.8 Å². The lowest BCUT2D eigenvalue weighted by molar-refractivity contribution is -0.133. The van der Waals surface area contributed by atoms with Crippen LogP contribution in [0.2, 0.25) is 0 Å². The Balaban J connectivity index is -0.0000000990. The molecule has 0 radical (unpaired) electrons. The second-order valence-electron chi connectivity index (χ2n) is 3.33. The predicted molar refractivity (Wildman–Crippen MR) is 87.6 cm³/mol. The van der Waals surface area contributed by atoms with Gasteiger partial charge >= 0.3 is 11.9 Å². The van der Waals surface area contributed by atoms with Crippen molar-refractivity contribution in [2.75, 3.05) is 14.2 Å². The van der Waals surface area contributed by atoms with Gasteiger partial charge in [-0.15, -0.1) is 0 Å². The highest BCUT2D eigenvalue weighted by Crippen LogP contribution is 1.81. The number of carbonyl (C=O) groups is 2. The van der Waals surface area contributed by atoms with Gasteiger partial charge in [-0.2, -0.15) is 0 Å². The molecule has 0 aromatic heterocycles. The first-order valence-electron chi connectivity index (χ1n) is 5.96. The number of aliphatic hydroxyl groups excluding tert-OH is 2. The molecule has 0 aliphatic carbocycles. The third kappa shape index (κ3) is 36.0. The maximum Gasteiger partial charge on any atom is 0.330 e. The van der Waals surface area contributed by atoms with Crippen molar-refractivity contribution in [3.63, 3.8) is 0 Å². The smallest absolute Gasteiger partial charge is 0.330 e. The number of benzene rings is 1. The van der Waals surface area contributed by atoms with Gasteiger partial charge in [-0.25, -0.2) is 9.59 Å². The number of carboxylic acids is 2. The Morgan fingerprint density at radius 3 is 0.773 bits per heavy atom. The number of rotatable bonds is 2. The largest absolute Gasteiger partial charge is 0.478 e. The Hall–Kier alpha value is -2.44. The molecule has 0 saturated heterocycles. The van der Waals surface area contributed by atoms with Crippen molar-refractivity contribution < 1.29 is 30.0 Å². The van der Waals surface area contributed by atoms with Crippen LogP contribution in [0.1, 0.15) is 13.8 Å². The average Bonchev–Trinajstić information content (AvgIpc) is 2.54. The van der Waals surface area contributed by atoms with Crippen LogP contribution in [-0.4, -0.2) is 46.6 Å². The van der Waals surface area contributed by atoms with Crippen LogP contribution < -0.4 is 0 Å². The van der Waals surface area contributed by atoms with Crippen LogP contribution in [-0.2, 0) is 9.59 Å². The maximum absolute atomic E-state index is 9.60. The molecule has 0 heterocycles. The molecule has 0 amide bonds. The Bertz CT molecular complexity index is 324. The number of aliphatic carboxylic acids is 2. The third-order valence-electron chi connectivity index (χ3n) is 1.40. The third-order valence-corrected chi connectivity index (χ3v) is 1.40. The van der Waals surface area contributed by atoms with E-state index >= 15 is 0 Å². The number of carboxylic acid groups (broad SMARTS) is 2. The normalized spacial score (nSPS) is 6.82. The summed E-state index contributed by atoms with van der Waals surface area (Å²) in [6.07, 6.45) is 0. The van der Waals surface area contributed by atoms with Crippen LogP contribution >= 0.6 is 0 Å². The Morgan fingerprint density at radius 2 is 0.727 bits per heavy atom. The van der Waals surface area contributed by atoms with E-state index in [2.05, 4.69) is 13.2 Å². The Labute approximate surface area is 131 Å². The van der Waals surface area contributed by atoms with Crippen LogP contribution in [0, 0.1) is 0 Å². The molecule has 6 nitrogen and oxygen atoms in total. The monoisotopic (exact) mass is 314 g/mol. The molecule has 0 saturated carbocycles. The van der Waals surface area contributed by atoms with Gasteiger partial charge in [-0.05, 0) is 13.8 Å². The van der Waals surface area contributed by atoms with Crippen LogP contribution in [0.3, 0.4) is 0 Å². The van der Waals surface area contributed by atoms with Crippen LogP contribution in [0.5, 0.6) is 0 Å². The number of aliphatic hydroxyl groups is 2. The van der Waals surface area contributed by atoms with E-state index in [0.29, 0.717) is 0 Å². The molecule has 1 aromatic carbocycles. The lowest BCUT2D eigenvalue weighted by atomic mass is 10.4. The second kappa shape index (κ2) is 23.6. The minimum Gasteiger partial charge on any atom is -0.478 e. The molecule has 4 N–H and O–H groups in total. The molecule has 6 heteroatoms. The highest BCUT2D eigenvalue weighted by Gasteiger charge is 1.90. The van der Waals surface area contributed by atoms with Gasteiger partial charge in [-0.3, -0.25) is 0 Å². The minimum atomic E-state index is -0.935. The zero-order valence-corrected chi connectivity index (χ0v) is 13.5. The van der Waals surface area contributed by atoms with E-state index in [9.17, 15) is 9.59 Å². The molecule has 0 bridgehead atoms. The fraction of sp³-hybridized carbons (Fsp3) is 0.250. The first kappa shape index (κ1) is 27.8. The zero-order chi connectivity index (χ0) is 18.6. The van der Waals surface area contributed by atoms with Gasteiger partial charge in [0.25, 0.3) is 0 Å². The molecular formula is C16H26O6. The quantitative estimate of drug-likeness (QED) is 0.622. The van der Waals surface area contributed by atoms with Crippen LogP contribution in [0.15, 0.2) is 60.7 Å². The maximum atomic E-state index is 9.60. The standard InChI is InChI=1S/C6H6.2C4H6O2.2CH4O/c1-2-4-6-5-3-1;2*1-3(2)4(5)6;2*1-2/h1-6H;2*1H2,2H3,(H,5,6);2*2H,1H3. The highest BCUT2D eigenvalue weighted by molar-refractivity contribution is 5.85. The van der Waals surface area contributed by atoms with Crippen molar-refractivity contribution in [1.29, 1.82) is 0 Å². The topological polar surface area (TPSA) is 115 Å². The number of hydrogen-bond acceptors (Lipinski definition) is 4. The molecule has 0 aliphatic heterocycles. The van der Waals surface area contributed by atoms with E-state index in [-0.39, 0.29) is 11.1 Å². The minimum absolute atomic E-state index is 0.176. The molecule has 0 spiro atoms. The van der Waals surface area contributed by atoms with Crippen molar-refractivity contribution in [3.8, 4) is 0 Å². The van der Waals surface area contributed by atoms with Gasteiger partial charge in [0.05, 0.1) is 0 Å². The zero-order valence-electron chi connectivity index (χ0n) is 13.5. The molecule has 1 rings (SSSR count). The first-order chi connectivity index (χ1) is 10.3. The summed E-state index contributed by atoms with van der Waals surface area (Å²) < 4.78 is 0. The lowest BCUT2D eigenvalue weighted by Crippen LogP contribution is -1.92. The molecule has 0 atom stereocenters. The van der Waals surface area contributed by atoms with Gasteiger partial charge in [0.15, 0.2) is 0 Å². The summed E-state index contributed by atoms with van der Waals surface area (Å²) in [4.78, 5) is 19.2. The molecule has 126 valence electrons. The fourth-order valence-electron chi connectivity index (χ4n) is 0.385. The van der Waals surface area contributed by atoms with Crippen molar-refractivity contribution in [2.24, 2.45) is 0 Å². The molecule has 0 aliphatic rings. The Morgan fingerprint density at radius 1 is 0.636 bits per heavy atom. The van der Waals surface area contributed by atoms with E-state index in [0.717, 1.165) is 14.2 Å². The van der Waals surface area contributed by atoms with E-state index < -0.39 is 11.9 Å². The molecular weight excluding hydrogens is 288 g/mol. The number of hydrogen-bond donors (Lipinski definition) is 4. The summed E-state index contributed by atoms with van der Waals surface area (Å²) >= 11 is 0. The lowest BCUT2D eigenvalue weighted by Gasteiger charge is -1.79. The summed E-state index contributed by atoms with van der Waals surface area (Å²) in [6, 6.07) is 12.0. The highest BCUT2D eigenvalue weighted by atomic mass is 16.4. The summed E-state index contributed by atoms with van der Waals surface area (Å²) in [5, 5.41) is 29.8. The summed E-state index contributed by atoms with van der Waals surface area (Å²) in [5.74, 6) is -1.87. The van der Waals surface area contributed by atoms with Gasteiger partial charge in [0, 0.05) is 25.4 Å². The van der Waals surface area contributed by atoms with Crippen molar-refractivity contribution in [3.05, 3.63) is 60.7 Å². The average molecular weight is 314 g/mol. The van der Waals surface area contributed by atoms with Crippen molar-refractivity contribution in [2.45, 2.75) is 13.8 Å². The van der Waals surface area contributed by atoms with E-state index in [1.807, 2.05) is 36.4 Å². The summed E-state index contributed by atoms with van der Waals surface area (Å²) in [7, 11) is 2.00. The first-order valence-corrected chi connectivity index (χ1v) is 5.96. The molecule has 22 heavy (non-hydrogen) atoms. The van der Waals surface area contributed by atoms with Gasteiger partial charge in [-0.1, -0.05) is 49.6 Å². The Kier molecular flexibility index (Phi) is 29.9. The summed E-state index contributed by atoms with van der Waals surface area (Å²) in [5.41, 5.74) is 0.352. The SMILES string of the molecule is C=C(C)C(=O)O.C=C(C)C(=O)O.CO.CO.c1ccccc1. The van der Waals surface area contributed by atoms with Gasteiger partial charge in [0.1, 0.15) is 0 Å². The predicted octanol–water partition coefficient (Wildman–Crippen LogP) is 2.20. The fourth-order valence-corrected chi connectivity index (χ4v) is 0.385. The molecule has 1 aromatic rings. The van der Waals surface area contributed by atoms with Crippen molar-refractivity contribution in [1.82, 2.24) is 0 Å². The van der Waals surface area contributed by atoms with Crippen molar-refractivity contribution >= 4 is 11.9 Å².